The van der Waals surface area contributed by atoms with Crippen molar-refractivity contribution >= 4 is 0 Å². The van der Waals surface area contributed by atoms with Crippen molar-refractivity contribution in [3.63, 3.8) is 0 Å². The Morgan fingerprint density at radius 2 is 2.38 bits per heavy atom. The molecule has 16 heavy (non-hydrogen) atoms. The summed E-state index contributed by atoms with van der Waals surface area (Å²) in [7, 11) is 1.94. The molecule has 0 aliphatic heterocycles. The zero-order chi connectivity index (χ0) is 11.5. The van der Waals surface area contributed by atoms with Crippen molar-refractivity contribution in [3.8, 4) is 0 Å². The Morgan fingerprint density at radius 1 is 1.56 bits per heavy atom. The van der Waals surface area contributed by atoms with Crippen molar-refractivity contribution in [1.29, 1.82) is 0 Å². The maximum Gasteiger partial charge on any atom is 0.0953 e. The van der Waals surface area contributed by atoms with E-state index in [1.807, 2.05) is 24.7 Å². The molecular weight excluding hydrogens is 202 g/mol. The minimum absolute atomic E-state index is 0.164. The predicted molar refractivity (Wildman–Crippen MR) is 62.2 cm³/mol. The molecule has 4 heteroatoms. The van der Waals surface area contributed by atoms with Crippen LogP contribution in [-0.2, 0) is 7.05 Å². The largest absolute Gasteiger partial charge is 0.472 e. The Balaban J connectivity index is 2.36. The molecule has 2 heterocycles. The zero-order valence-electron chi connectivity index (χ0n) is 9.90. The molecule has 2 aromatic rings. The number of hydrogen-bond acceptors (Lipinski definition) is 3. The highest BCUT2D eigenvalue weighted by Crippen LogP contribution is 2.24. The van der Waals surface area contributed by atoms with E-state index >= 15 is 0 Å². The summed E-state index contributed by atoms with van der Waals surface area (Å²) in [5, 5.41) is 7.81. The lowest BCUT2D eigenvalue weighted by molar-refractivity contribution is 0.552. The predicted octanol–water partition coefficient (Wildman–Crippen LogP) is 2.02. The molecule has 0 spiro atoms. The molecule has 0 aromatic carbocycles. The van der Waals surface area contributed by atoms with Crippen LogP contribution in [0, 0.1) is 6.92 Å². The SMILES string of the molecule is CCNC(c1ccoc1)c1cn(C)nc1C. The quantitative estimate of drug-likeness (QED) is 0.855. The minimum Gasteiger partial charge on any atom is -0.472 e. The molecule has 4 nitrogen and oxygen atoms in total. The summed E-state index contributed by atoms with van der Waals surface area (Å²) in [4.78, 5) is 0. The lowest BCUT2D eigenvalue weighted by Crippen LogP contribution is -2.21. The van der Waals surface area contributed by atoms with Gasteiger partial charge in [0.25, 0.3) is 0 Å². The van der Waals surface area contributed by atoms with Gasteiger partial charge in [-0.25, -0.2) is 0 Å². The standard InChI is InChI=1S/C12H17N3O/c1-4-13-12(10-5-6-16-8-10)11-7-15(3)14-9(11)2/h5-8,12-13H,4H2,1-3H3. The van der Waals surface area contributed by atoms with Crippen molar-refractivity contribution in [1.82, 2.24) is 15.1 Å². The maximum absolute atomic E-state index is 5.14. The van der Waals surface area contributed by atoms with Gasteiger partial charge in [0, 0.05) is 24.4 Å². The topological polar surface area (TPSA) is 43.0 Å². The summed E-state index contributed by atoms with van der Waals surface area (Å²) < 4.78 is 6.99. The van der Waals surface area contributed by atoms with Crippen molar-refractivity contribution in [2.24, 2.45) is 7.05 Å². The van der Waals surface area contributed by atoms with Crippen LogP contribution in [0.5, 0.6) is 0 Å². The van der Waals surface area contributed by atoms with Gasteiger partial charge in [-0.3, -0.25) is 4.68 Å². The smallest absolute Gasteiger partial charge is 0.0953 e. The van der Waals surface area contributed by atoms with Crippen molar-refractivity contribution in [2.75, 3.05) is 6.54 Å². The fourth-order valence-electron chi connectivity index (χ4n) is 1.95. The summed E-state index contributed by atoms with van der Waals surface area (Å²) in [5.74, 6) is 0. The summed E-state index contributed by atoms with van der Waals surface area (Å²) in [5.41, 5.74) is 3.39. The Bertz CT molecular complexity index is 445. The highest BCUT2D eigenvalue weighted by molar-refractivity contribution is 5.30. The van der Waals surface area contributed by atoms with E-state index in [4.69, 9.17) is 4.42 Å². The molecule has 0 fully saturated rings. The van der Waals surface area contributed by atoms with Gasteiger partial charge in [-0.05, 0) is 19.5 Å². The number of nitrogens with one attached hydrogen (secondary N) is 1. The highest BCUT2D eigenvalue weighted by atomic mass is 16.3. The molecule has 0 saturated heterocycles. The monoisotopic (exact) mass is 219 g/mol. The minimum atomic E-state index is 0.164. The number of furan rings is 1. The molecule has 0 radical (unpaired) electrons. The molecule has 1 atom stereocenters. The van der Waals surface area contributed by atoms with Crippen LogP contribution in [-0.4, -0.2) is 16.3 Å². The lowest BCUT2D eigenvalue weighted by atomic mass is 10.0. The average molecular weight is 219 g/mol. The van der Waals surface area contributed by atoms with Crippen molar-refractivity contribution < 1.29 is 4.42 Å². The first-order valence-corrected chi connectivity index (χ1v) is 5.48. The van der Waals surface area contributed by atoms with Gasteiger partial charge in [0.05, 0.1) is 24.3 Å². The van der Waals surface area contributed by atoms with Crippen molar-refractivity contribution in [3.05, 3.63) is 41.6 Å². The molecule has 1 N–H and O–H groups in total. The first kappa shape index (κ1) is 11.0. The molecule has 0 saturated carbocycles. The van der Waals surface area contributed by atoms with Gasteiger partial charge in [0.1, 0.15) is 0 Å². The first-order chi connectivity index (χ1) is 7.72. The van der Waals surface area contributed by atoms with Gasteiger partial charge >= 0.3 is 0 Å². The Hall–Kier alpha value is -1.55. The van der Waals surface area contributed by atoms with E-state index in [9.17, 15) is 0 Å². The summed E-state index contributed by atoms with van der Waals surface area (Å²) in [6.45, 7) is 5.03. The van der Waals surface area contributed by atoms with E-state index in [2.05, 4.69) is 23.5 Å². The van der Waals surface area contributed by atoms with Crippen LogP contribution < -0.4 is 5.32 Å². The van der Waals surface area contributed by atoms with Crippen LogP contribution in [0.1, 0.15) is 29.8 Å². The van der Waals surface area contributed by atoms with Crippen LogP contribution in [0.3, 0.4) is 0 Å². The molecule has 86 valence electrons. The number of aromatic nitrogens is 2. The van der Waals surface area contributed by atoms with Gasteiger partial charge in [-0.15, -0.1) is 0 Å². The average Bonchev–Trinajstić information content (AvgIpc) is 2.85. The van der Waals surface area contributed by atoms with Crippen molar-refractivity contribution in [2.45, 2.75) is 19.9 Å². The third-order valence-corrected chi connectivity index (χ3v) is 2.65. The molecule has 0 aliphatic rings. The Labute approximate surface area is 95.3 Å². The summed E-state index contributed by atoms with van der Waals surface area (Å²) >= 11 is 0. The molecule has 0 aliphatic carbocycles. The van der Waals surface area contributed by atoms with E-state index in [0.29, 0.717) is 0 Å². The fourth-order valence-corrected chi connectivity index (χ4v) is 1.95. The van der Waals surface area contributed by atoms with Gasteiger partial charge in [0.2, 0.25) is 0 Å². The van der Waals surface area contributed by atoms with E-state index in [1.165, 1.54) is 5.56 Å². The Kier molecular flexibility index (Phi) is 3.10. The van der Waals surface area contributed by atoms with Gasteiger partial charge in [0.15, 0.2) is 0 Å². The van der Waals surface area contributed by atoms with E-state index < -0.39 is 0 Å². The second-order valence-electron chi connectivity index (χ2n) is 3.89. The lowest BCUT2D eigenvalue weighted by Gasteiger charge is -2.15. The molecule has 2 rings (SSSR count). The molecule has 1 unspecified atom stereocenters. The number of aryl methyl sites for hydroxylation is 2. The second kappa shape index (κ2) is 4.53. The van der Waals surface area contributed by atoms with Gasteiger partial charge < -0.3 is 9.73 Å². The zero-order valence-corrected chi connectivity index (χ0v) is 9.90. The van der Waals surface area contributed by atoms with Gasteiger partial charge in [-0.2, -0.15) is 5.10 Å². The fraction of sp³-hybridized carbons (Fsp3) is 0.417. The van der Waals surface area contributed by atoms with Crippen LogP contribution in [0.2, 0.25) is 0 Å². The molecule has 0 bridgehead atoms. The third-order valence-electron chi connectivity index (χ3n) is 2.65. The molecule has 2 aromatic heterocycles. The van der Waals surface area contributed by atoms with Crippen LogP contribution >= 0.6 is 0 Å². The van der Waals surface area contributed by atoms with Crippen LogP contribution in [0.25, 0.3) is 0 Å². The molecule has 0 amide bonds. The number of nitrogens with zero attached hydrogens (tertiary/aromatic N) is 2. The summed E-state index contributed by atoms with van der Waals surface area (Å²) in [6.07, 6.45) is 5.53. The normalized spacial score (nSPS) is 12.9. The molecular formula is C12H17N3O. The first-order valence-electron chi connectivity index (χ1n) is 5.48. The van der Waals surface area contributed by atoms with E-state index in [1.54, 1.807) is 12.5 Å². The maximum atomic E-state index is 5.14. The van der Waals surface area contributed by atoms with Crippen LogP contribution in [0.15, 0.2) is 29.2 Å². The van der Waals surface area contributed by atoms with Crippen LogP contribution in [0.4, 0.5) is 0 Å². The van der Waals surface area contributed by atoms with Gasteiger partial charge in [-0.1, -0.05) is 6.92 Å². The second-order valence-corrected chi connectivity index (χ2v) is 3.89. The van der Waals surface area contributed by atoms with E-state index in [0.717, 1.165) is 17.8 Å². The number of rotatable bonds is 4. The highest BCUT2D eigenvalue weighted by Gasteiger charge is 2.18. The third kappa shape index (κ3) is 2.02. The number of hydrogen-bond donors (Lipinski definition) is 1. The summed E-state index contributed by atoms with van der Waals surface area (Å²) in [6, 6.07) is 2.15. The Morgan fingerprint density at radius 3 is 2.88 bits per heavy atom. The van der Waals surface area contributed by atoms with E-state index in [-0.39, 0.29) is 6.04 Å².